The first-order valence-corrected chi connectivity index (χ1v) is 7.44. The van der Waals surface area contributed by atoms with Gasteiger partial charge in [-0.15, -0.1) is 0 Å². The second-order valence-electron chi connectivity index (χ2n) is 3.90. The van der Waals surface area contributed by atoms with Crippen LogP contribution in [0.4, 0.5) is 5.69 Å². The highest BCUT2D eigenvalue weighted by atomic mass is 79.9. The number of halogens is 3. The van der Waals surface area contributed by atoms with Gasteiger partial charge in [0.25, 0.3) is 0 Å². The predicted octanol–water partition coefficient (Wildman–Crippen LogP) is 5.35. The number of nitriles is 1. The minimum absolute atomic E-state index is 0.567. The molecule has 0 aromatic heterocycles. The second kappa shape index (κ2) is 6.42. The minimum Gasteiger partial charge on any atom is -0.380 e. The summed E-state index contributed by atoms with van der Waals surface area (Å²) < 4.78 is 1.99. The Bertz CT molecular complexity index is 650. The van der Waals surface area contributed by atoms with E-state index >= 15 is 0 Å². The average Bonchev–Trinajstić information content (AvgIpc) is 2.40. The number of nitrogens with zero attached hydrogens (tertiary/aromatic N) is 1. The maximum Gasteiger partial charge on any atom is 0.0992 e. The van der Waals surface area contributed by atoms with Gasteiger partial charge in [0, 0.05) is 26.2 Å². The van der Waals surface area contributed by atoms with Gasteiger partial charge >= 0.3 is 0 Å². The van der Waals surface area contributed by atoms with Crippen LogP contribution in [-0.4, -0.2) is 0 Å². The molecule has 2 rings (SSSR count). The van der Waals surface area contributed by atoms with E-state index in [0.29, 0.717) is 17.1 Å². The largest absolute Gasteiger partial charge is 0.380 e. The molecule has 0 heterocycles. The molecule has 0 saturated heterocycles. The number of anilines is 1. The summed E-state index contributed by atoms with van der Waals surface area (Å²) >= 11 is 13.1. The molecule has 0 unspecified atom stereocenters. The molecule has 1 N–H and O–H groups in total. The molecule has 0 aliphatic heterocycles. The third kappa shape index (κ3) is 3.73. The zero-order chi connectivity index (χ0) is 13.8. The fourth-order valence-electron chi connectivity index (χ4n) is 1.58. The van der Waals surface area contributed by atoms with Crippen LogP contribution in [0.5, 0.6) is 0 Å². The van der Waals surface area contributed by atoms with Crippen molar-refractivity contribution < 1.29 is 0 Å². The van der Waals surface area contributed by atoms with Crippen LogP contribution in [0.15, 0.2) is 45.3 Å². The predicted molar refractivity (Wildman–Crippen MR) is 85.3 cm³/mol. The van der Waals surface area contributed by atoms with Gasteiger partial charge in [0.1, 0.15) is 0 Å². The lowest BCUT2D eigenvalue weighted by Crippen LogP contribution is -2.01. The van der Waals surface area contributed by atoms with Gasteiger partial charge in [-0.05, 0) is 51.8 Å². The first-order chi connectivity index (χ1) is 9.10. The summed E-state index contributed by atoms with van der Waals surface area (Å²) in [6.07, 6.45) is 0. The third-order valence-corrected chi connectivity index (χ3v) is 4.12. The minimum atomic E-state index is 0.567. The van der Waals surface area contributed by atoms with Crippen molar-refractivity contribution in [3.8, 4) is 6.07 Å². The Hall–Kier alpha value is -1.02. The Morgan fingerprint density at radius 1 is 1.16 bits per heavy atom. The summed E-state index contributed by atoms with van der Waals surface area (Å²) in [5.41, 5.74) is 2.50. The summed E-state index contributed by atoms with van der Waals surface area (Å²) in [5.74, 6) is 0. The van der Waals surface area contributed by atoms with Crippen LogP contribution in [0.2, 0.25) is 5.02 Å². The summed E-state index contributed by atoms with van der Waals surface area (Å²) in [6.45, 7) is 0.597. The molecule has 0 radical (unpaired) electrons. The van der Waals surface area contributed by atoms with Crippen molar-refractivity contribution in [2.45, 2.75) is 6.54 Å². The molecule has 0 atom stereocenters. The molecule has 96 valence electrons. The van der Waals surface area contributed by atoms with Crippen molar-refractivity contribution in [2.24, 2.45) is 0 Å². The van der Waals surface area contributed by atoms with Gasteiger partial charge < -0.3 is 5.32 Å². The van der Waals surface area contributed by atoms with Crippen molar-refractivity contribution in [3.05, 3.63) is 61.5 Å². The van der Waals surface area contributed by atoms with Crippen LogP contribution in [0.25, 0.3) is 0 Å². The van der Waals surface area contributed by atoms with Crippen LogP contribution in [0, 0.1) is 11.3 Å². The van der Waals surface area contributed by atoms with Gasteiger partial charge in [-0.2, -0.15) is 5.26 Å². The summed E-state index contributed by atoms with van der Waals surface area (Å²) in [6, 6.07) is 13.3. The molecule has 2 nitrogen and oxygen atoms in total. The highest BCUT2D eigenvalue weighted by Gasteiger charge is 2.04. The highest BCUT2D eigenvalue weighted by Crippen LogP contribution is 2.27. The quantitative estimate of drug-likeness (QED) is 0.754. The standard InChI is InChI=1S/C14H9Br2ClN2/c15-11-3-4-12(16)14(6-11)19-8-10-2-1-9(7-18)5-13(10)17/h1-6,19H,8H2. The van der Waals surface area contributed by atoms with Gasteiger partial charge in [0.15, 0.2) is 0 Å². The Morgan fingerprint density at radius 3 is 2.63 bits per heavy atom. The number of hydrogen-bond donors (Lipinski definition) is 1. The molecule has 0 aliphatic rings. The van der Waals surface area contributed by atoms with Crippen molar-refractivity contribution in [1.82, 2.24) is 0 Å². The maximum atomic E-state index is 8.79. The van der Waals surface area contributed by atoms with E-state index in [4.69, 9.17) is 16.9 Å². The lowest BCUT2D eigenvalue weighted by atomic mass is 10.1. The molecule has 0 spiro atoms. The molecular formula is C14H9Br2ClN2. The monoisotopic (exact) mass is 398 g/mol. The number of benzene rings is 2. The number of hydrogen-bond acceptors (Lipinski definition) is 2. The Labute approximate surface area is 133 Å². The lowest BCUT2D eigenvalue weighted by Gasteiger charge is -2.10. The second-order valence-corrected chi connectivity index (χ2v) is 6.07. The third-order valence-electron chi connectivity index (χ3n) is 2.58. The first kappa shape index (κ1) is 14.4. The first-order valence-electron chi connectivity index (χ1n) is 5.47. The van der Waals surface area contributed by atoms with Crippen LogP contribution < -0.4 is 5.32 Å². The molecule has 19 heavy (non-hydrogen) atoms. The van der Waals surface area contributed by atoms with Gasteiger partial charge in [0.05, 0.1) is 11.6 Å². The molecule has 0 saturated carbocycles. The van der Waals surface area contributed by atoms with Crippen molar-refractivity contribution in [1.29, 1.82) is 5.26 Å². The van der Waals surface area contributed by atoms with Gasteiger partial charge in [-0.3, -0.25) is 0 Å². The summed E-state index contributed by atoms with van der Waals surface area (Å²) in [5, 5.41) is 12.7. The average molecular weight is 401 g/mol. The SMILES string of the molecule is N#Cc1ccc(CNc2cc(Br)ccc2Br)c(Cl)c1. The molecule has 0 fully saturated rings. The van der Waals surface area contributed by atoms with E-state index in [9.17, 15) is 0 Å². The van der Waals surface area contributed by atoms with Crippen molar-refractivity contribution in [3.63, 3.8) is 0 Å². The van der Waals surface area contributed by atoms with Crippen LogP contribution in [0.3, 0.4) is 0 Å². The number of rotatable bonds is 3. The Morgan fingerprint density at radius 2 is 1.95 bits per heavy atom. The van der Waals surface area contributed by atoms with Gasteiger partial charge in [-0.1, -0.05) is 33.6 Å². The highest BCUT2D eigenvalue weighted by molar-refractivity contribution is 9.11. The van der Waals surface area contributed by atoms with E-state index in [-0.39, 0.29) is 0 Å². The lowest BCUT2D eigenvalue weighted by molar-refractivity contribution is 1.14. The number of nitrogens with one attached hydrogen (secondary N) is 1. The van der Waals surface area contributed by atoms with Gasteiger partial charge in [0.2, 0.25) is 0 Å². The van der Waals surface area contributed by atoms with E-state index in [2.05, 4.69) is 43.2 Å². The molecular weight excluding hydrogens is 391 g/mol. The van der Waals surface area contributed by atoms with Crippen molar-refractivity contribution in [2.75, 3.05) is 5.32 Å². The zero-order valence-corrected chi connectivity index (χ0v) is 13.7. The fourth-order valence-corrected chi connectivity index (χ4v) is 2.58. The zero-order valence-electron chi connectivity index (χ0n) is 9.75. The van der Waals surface area contributed by atoms with E-state index < -0.39 is 0 Å². The van der Waals surface area contributed by atoms with Crippen LogP contribution in [-0.2, 0) is 6.54 Å². The Balaban J connectivity index is 2.15. The summed E-state index contributed by atoms with van der Waals surface area (Å²) in [7, 11) is 0. The van der Waals surface area contributed by atoms with Crippen LogP contribution in [0.1, 0.15) is 11.1 Å². The summed E-state index contributed by atoms with van der Waals surface area (Å²) in [4.78, 5) is 0. The molecule has 0 bridgehead atoms. The smallest absolute Gasteiger partial charge is 0.0992 e. The molecule has 2 aromatic rings. The fraction of sp³-hybridized carbons (Fsp3) is 0.0714. The Kier molecular flexibility index (Phi) is 4.87. The van der Waals surface area contributed by atoms with E-state index in [0.717, 1.165) is 20.2 Å². The van der Waals surface area contributed by atoms with E-state index in [1.165, 1.54) is 0 Å². The molecule has 0 amide bonds. The maximum absolute atomic E-state index is 8.79. The topological polar surface area (TPSA) is 35.8 Å². The molecule has 0 aliphatic carbocycles. The van der Waals surface area contributed by atoms with Gasteiger partial charge in [-0.25, -0.2) is 0 Å². The molecule has 5 heteroatoms. The molecule has 2 aromatic carbocycles. The van der Waals surface area contributed by atoms with E-state index in [1.807, 2.05) is 24.3 Å². The van der Waals surface area contributed by atoms with Crippen LogP contribution >= 0.6 is 43.5 Å². The van der Waals surface area contributed by atoms with E-state index in [1.54, 1.807) is 12.1 Å². The van der Waals surface area contributed by atoms with Crippen molar-refractivity contribution >= 4 is 49.1 Å². The normalized spacial score (nSPS) is 10.0.